The summed E-state index contributed by atoms with van der Waals surface area (Å²) in [5.41, 5.74) is 0. The molecule has 56 valence electrons. The summed E-state index contributed by atoms with van der Waals surface area (Å²) in [6, 6.07) is 0. The van der Waals surface area contributed by atoms with E-state index in [9.17, 15) is 17.2 Å². The van der Waals surface area contributed by atoms with Gasteiger partial charge in [0.15, 0.2) is 0 Å². The second-order valence-electron chi connectivity index (χ2n) is 1.06. The van der Waals surface area contributed by atoms with Gasteiger partial charge in [0.25, 0.3) is 0 Å². The van der Waals surface area contributed by atoms with E-state index < -0.39 is 26.7 Å². The van der Waals surface area contributed by atoms with Crippen LogP contribution in [0.4, 0.5) is 8.78 Å². The molecule has 3 N–H and O–H groups in total. The summed E-state index contributed by atoms with van der Waals surface area (Å²) < 4.78 is 45.9. The zero-order valence-corrected chi connectivity index (χ0v) is 5.55. The molecule has 0 saturated carbocycles. The lowest BCUT2D eigenvalue weighted by molar-refractivity contribution is 0.180. The zero-order valence-electron chi connectivity index (χ0n) is 3.91. The number of nitrogens with two attached hydrogens (primary N) is 1. The number of rotatable bonds is 2. The minimum atomic E-state index is -5.35. The second-order valence-corrected chi connectivity index (χ2v) is 3.53. The molecule has 0 radical (unpaired) electrons. The number of alkyl halides is 2. The largest absolute Gasteiger partial charge is 0.430 e. The fraction of sp³-hybridized carbons (Fsp3) is 1.00. The lowest BCUT2D eigenvalue weighted by Crippen LogP contribution is -2.25. The van der Waals surface area contributed by atoms with Gasteiger partial charge in [-0.05, 0) is 0 Å². The van der Waals surface area contributed by atoms with Gasteiger partial charge in [-0.25, -0.2) is 0 Å². The molecule has 0 heterocycles. The molecule has 0 saturated heterocycles. The van der Waals surface area contributed by atoms with Gasteiger partial charge in [-0.15, -0.1) is 0 Å². The Bertz CT molecular complexity index is 186. The third kappa shape index (κ3) is 2.05. The summed E-state index contributed by atoms with van der Waals surface area (Å²) in [4.78, 5) is 0. The molecular formula is CH3F2NO3S2. The summed E-state index contributed by atoms with van der Waals surface area (Å²) in [7, 11) is -5.35. The highest BCUT2D eigenvalue weighted by Crippen LogP contribution is 2.29. The van der Waals surface area contributed by atoms with Crippen LogP contribution in [0.25, 0.3) is 0 Å². The highest BCUT2D eigenvalue weighted by molar-refractivity contribution is 8.10. The SMILES string of the molecule is NSC(F)(F)S(=O)(=O)O. The first-order valence-corrected chi connectivity index (χ1v) is 3.86. The Labute approximate surface area is 54.3 Å². The molecule has 0 unspecified atom stereocenters. The van der Waals surface area contributed by atoms with Crippen molar-refractivity contribution in [2.45, 2.75) is 4.59 Å². The van der Waals surface area contributed by atoms with Gasteiger partial charge in [0.2, 0.25) is 0 Å². The quantitative estimate of drug-likeness (QED) is 0.461. The van der Waals surface area contributed by atoms with Crippen molar-refractivity contribution in [1.82, 2.24) is 0 Å². The molecular weight excluding hydrogens is 176 g/mol. The molecule has 0 atom stereocenters. The van der Waals surface area contributed by atoms with Crippen molar-refractivity contribution in [2.75, 3.05) is 0 Å². The van der Waals surface area contributed by atoms with Gasteiger partial charge in [0.1, 0.15) is 0 Å². The lowest BCUT2D eigenvalue weighted by Gasteiger charge is -2.06. The highest BCUT2D eigenvalue weighted by Gasteiger charge is 2.44. The summed E-state index contributed by atoms with van der Waals surface area (Å²) in [6.07, 6.45) is 0. The van der Waals surface area contributed by atoms with E-state index in [4.69, 9.17) is 4.55 Å². The maximum Gasteiger partial charge on any atom is 0.430 e. The average Bonchev–Trinajstić information content (AvgIpc) is 1.64. The van der Waals surface area contributed by atoms with E-state index in [-0.39, 0.29) is 0 Å². The normalized spacial score (nSPS) is 13.8. The van der Waals surface area contributed by atoms with Crippen LogP contribution in [0, 0.1) is 0 Å². The molecule has 4 nitrogen and oxygen atoms in total. The molecule has 0 aliphatic heterocycles. The molecule has 0 aromatic carbocycles. The number of hydrogen-bond donors (Lipinski definition) is 2. The molecule has 0 aromatic rings. The summed E-state index contributed by atoms with van der Waals surface area (Å²) in [6.45, 7) is 0. The minimum absolute atomic E-state index is 0.737. The Balaban J connectivity index is 4.56. The zero-order chi connectivity index (χ0) is 7.71. The maximum atomic E-state index is 11.7. The third-order valence-electron chi connectivity index (χ3n) is 0.438. The lowest BCUT2D eigenvalue weighted by atomic mass is 11.6. The van der Waals surface area contributed by atoms with E-state index in [2.05, 4.69) is 5.14 Å². The van der Waals surface area contributed by atoms with Gasteiger partial charge >= 0.3 is 14.7 Å². The standard InChI is InChI=1S/CH3F2NO3S2/c2-1(3,8-4)9(5,6)7/h4H2,(H,5,6,7). The minimum Gasteiger partial charge on any atom is -0.280 e. The van der Waals surface area contributed by atoms with Gasteiger partial charge in [0, 0.05) is 11.9 Å². The van der Waals surface area contributed by atoms with Crippen molar-refractivity contribution in [3.63, 3.8) is 0 Å². The molecule has 8 heteroatoms. The van der Waals surface area contributed by atoms with Crippen LogP contribution in [-0.2, 0) is 10.1 Å². The van der Waals surface area contributed by atoms with E-state index in [1.807, 2.05) is 0 Å². The first-order chi connectivity index (χ1) is 3.81. The topological polar surface area (TPSA) is 80.4 Å². The third-order valence-corrected chi connectivity index (χ3v) is 2.23. The second kappa shape index (κ2) is 2.37. The van der Waals surface area contributed by atoms with Crippen LogP contribution in [0.3, 0.4) is 0 Å². The van der Waals surface area contributed by atoms with Crippen LogP contribution >= 0.6 is 11.9 Å². The van der Waals surface area contributed by atoms with Crippen molar-refractivity contribution in [2.24, 2.45) is 5.14 Å². The molecule has 0 amide bonds. The molecule has 0 bridgehead atoms. The fourth-order valence-electron chi connectivity index (χ4n) is 0.0608. The Morgan fingerprint density at radius 1 is 1.56 bits per heavy atom. The first-order valence-electron chi connectivity index (χ1n) is 1.54. The van der Waals surface area contributed by atoms with E-state index in [1.165, 1.54) is 0 Å². The molecule has 0 aliphatic carbocycles. The van der Waals surface area contributed by atoms with Crippen LogP contribution in [0.15, 0.2) is 0 Å². The number of halogens is 2. The number of hydrogen-bond acceptors (Lipinski definition) is 4. The van der Waals surface area contributed by atoms with Crippen LogP contribution in [0.1, 0.15) is 0 Å². The summed E-state index contributed by atoms with van der Waals surface area (Å²) >= 11 is -0.737. The van der Waals surface area contributed by atoms with Gasteiger partial charge < -0.3 is 0 Å². The monoisotopic (exact) mass is 179 g/mol. The van der Waals surface area contributed by atoms with E-state index in [0.29, 0.717) is 0 Å². The van der Waals surface area contributed by atoms with E-state index in [1.54, 1.807) is 0 Å². The Kier molecular flexibility index (Phi) is 2.39. The van der Waals surface area contributed by atoms with Gasteiger partial charge in [-0.2, -0.15) is 17.2 Å². The van der Waals surface area contributed by atoms with E-state index in [0.717, 1.165) is 0 Å². The van der Waals surface area contributed by atoms with Crippen molar-refractivity contribution in [3.05, 3.63) is 0 Å². The summed E-state index contributed by atoms with van der Waals surface area (Å²) in [5.74, 6) is 0. The van der Waals surface area contributed by atoms with Crippen molar-refractivity contribution >= 4 is 22.1 Å². The fourth-order valence-corrected chi connectivity index (χ4v) is 0.547. The maximum absolute atomic E-state index is 11.7. The van der Waals surface area contributed by atoms with Gasteiger partial charge in [0.05, 0.1) is 0 Å². The van der Waals surface area contributed by atoms with Gasteiger partial charge in [-0.1, -0.05) is 0 Å². The highest BCUT2D eigenvalue weighted by atomic mass is 32.3. The first kappa shape index (κ1) is 9.08. The van der Waals surface area contributed by atoms with Crippen LogP contribution < -0.4 is 5.14 Å². The molecule has 0 aromatic heterocycles. The molecule has 0 fully saturated rings. The molecule has 0 aliphatic rings. The predicted molar refractivity (Wildman–Crippen MR) is 28.3 cm³/mol. The molecule has 0 rings (SSSR count). The van der Waals surface area contributed by atoms with Crippen molar-refractivity contribution in [1.29, 1.82) is 0 Å². The van der Waals surface area contributed by atoms with Crippen molar-refractivity contribution in [3.8, 4) is 0 Å². The smallest absolute Gasteiger partial charge is 0.280 e. The van der Waals surface area contributed by atoms with Crippen molar-refractivity contribution < 1.29 is 21.8 Å². The predicted octanol–water partition coefficient (Wildman–Crippen LogP) is 0.0314. The van der Waals surface area contributed by atoms with Crippen LogP contribution in [-0.4, -0.2) is 17.6 Å². The van der Waals surface area contributed by atoms with E-state index >= 15 is 0 Å². The molecule has 9 heavy (non-hydrogen) atoms. The molecule has 0 spiro atoms. The average molecular weight is 179 g/mol. The van der Waals surface area contributed by atoms with Crippen LogP contribution in [0.5, 0.6) is 0 Å². The Morgan fingerprint density at radius 3 is 1.89 bits per heavy atom. The summed E-state index contributed by atoms with van der Waals surface area (Å²) in [5, 5.41) is 4.22. The Hall–Kier alpha value is 0.0800. The van der Waals surface area contributed by atoms with Crippen LogP contribution in [0.2, 0.25) is 0 Å². The van der Waals surface area contributed by atoms with Gasteiger partial charge in [-0.3, -0.25) is 9.69 Å². The Morgan fingerprint density at radius 2 is 1.89 bits per heavy atom.